The van der Waals surface area contributed by atoms with E-state index in [2.05, 4.69) is 44.0 Å². The summed E-state index contributed by atoms with van der Waals surface area (Å²) in [6, 6.07) is 3.16. The molecule has 0 aromatic carbocycles. The third-order valence-corrected chi connectivity index (χ3v) is 4.67. The number of nitriles is 1. The molecule has 2 unspecified atom stereocenters. The quantitative estimate of drug-likeness (QED) is 0.628. The van der Waals surface area contributed by atoms with Gasteiger partial charge in [-0.05, 0) is 51.1 Å². The fraction of sp³-hybridized carbons (Fsp3) is 0.941. The van der Waals surface area contributed by atoms with Crippen molar-refractivity contribution in [1.82, 2.24) is 10.2 Å². The van der Waals surface area contributed by atoms with Gasteiger partial charge in [0.05, 0.1) is 6.07 Å². The number of nitrogens with zero attached hydrogens (tertiary/aromatic N) is 2. The van der Waals surface area contributed by atoms with Crippen LogP contribution in [0.4, 0.5) is 0 Å². The Morgan fingerprint density at radius 2 is 2.05 bits per heavy atom. The summed E-state index contributed by atoms with van der Waals surface area (Å²) in [5, 5.41) is 13.1. The van der Waals surface area contributed by atoms with Gasteiger partial charge in [0.1, 0.15) is 5.54 Å². The van der Waals surface area contributed by atoms with Crippen LogP contribution in [-0.4, -0.2) is 36.1 Å². The fourth-order valence-corrected chi connectivity index (χ4v) is 2.69. The molecule has 0 amide bonds. The Balaban J connectivity index is 2.36. The minimum absolute atomic E-state index is 0.281. The van der Waals surface area contributed by atoms with Crippen LogP contribution in [0.15, 0.2) is 0 Å². The highest BCUT2D eigenvalue weighted by atomic mass is 15.1. The molecule has 0 aromatic heterocycles. The van der Waals surface area contributed by atoms with Crippen molar-refractivity contribution in [2.45, 2.75) is 77.8 Å². The lowest BCUT2D eigenvalue weighted by atomic mass is 9.91. The summed E-state index contributed by atoms with van der Waals surface area (Å²) >= 11 is 0. The van der Waals surface area contributed by atoms with Gasteiger partial charge < -0.3 is 4.90 Å². The Morgan fingerprint density at radius 1 is 1.35 bits per heavy atom. The lowest BCUT2D eigenvalue weighted by Crippen LogP contribution is -2.45. The Kier molecular flexibility index (Phi) is 7.55. The summed E-state index contributed by atoms with van der Waals surface area (Å²) in [5.41, 5.74) is -0.281. The molecule has 3 heteroatoms. The van der Waals surface area contributed by atoms with Crippen LogP contribution in [0.2, 0.25) is 0 Å². The first-order valence-electron chi connectivity index (χ1n) is 8.50. The molecule has 1 aliphatic rings. The molecule has 0 heterocycles. The van der Waals surface area contributed by atoms with Crippen LogP contribution in [0, 0.1) is 17.2 Å². The average Bonchev–Trinajstić information content (AvgIpc) is 3.28. The fourth-order valence-electron chi connectivity index (χ4n) is 2.69. The van der Waals surface area contributed by atoms with Crippen LogP contribution < -0.4 is 5.32 Å². The molecule has 2 atom stereocenters. The number of hydrogen-bond donors (Lipinski definition) is 1. The molecule has 20 heavy (non-hydrogen) atoms. The molecule has 1 rings (SSSR count). The summed E-state index contributed by atoms with van der Waals surface area (Å²) in [7, 11) is 0. The summed E-state index contributed by atoms with van der Waals surface area (Å²) in [4.78, 5) is 2.53. The zero-order valence-corrected chi connectivity index (χ0v) is 13.9. The smallest absolute Gasteiger partial charge is 0.106 e. The minimum Gasteiger partial charge on any atom is -0.303 e. The van der Waals surface area contributed by atoms with E-state index in [9.17, 15) is 5.26 Å². The standard InChI is InChI=1S/C17H33N3/c1-5-15(4)13-20(7-3)12-8-11-17(6-2,14-18)19-16-9-10-16/h15-16,19H,5-13H2,1-4H3. The zero-order valence-electron chi connectivity index (χ0n) is 13.9. The van der Waals surface area contributed by atoms with Crippen molar-refractivity contribution < 1.29 is 0 Å². The first-order chi connectivity index (χ1) is 9.59. The van der Waals surface area contributed by atoms with Gasteiger partial charge in [-0.1, -0.05) is 34.1 Å². The predicted molar refractivity (Wildman–Crippen MR) is 85.6 cm³/mol. The molecule has 0 radical (unpaired) electrons. The van der Waals surface area contributed by atoms with E-state index in [0.717, 1.165) is 38.3 Å². The zero-order chi connectivity index (χ0) is 15.0. The number of hydrogen-bond acceptors (Lipinski definition) is 3. The van der Waals surface area contributed by atoms with E-state index in [-0.39, 0.29) is 5.54 Å². The summed E-state index contributed by atoms with van der Waals surface area (Å²) in [6.07, 6.45) is 6.75. The van der Waals surface area contributed by atoms with E-state index < -0.39 is 0 Å². The van der Waals surface area contributed by atoms with Gasteiger partial charge in [-0.15, -0.1) is 0 Å². The molecular formula is C17H33N3. The lowest BCUT2D eigenvalue weighted by Gasteiger charge is -2.29. The SMILES string of the molecule is CCC(C)CN(CC)CCCC(C#N)(CC)NC1CC1. The average molecular weight is 279 g/mol. The Bertz CT molecular complexity index is 306. The van der Waals surface area contributed by atoms with Gasteiger partial charge in [-0.25, -0.2) is 0 Å². The van der Waals surface area contributed by atoms with Crippen LogP contribution >= 0.6 is 0 Å². The second kappa shape index (κ2) is 8.64. The number of nitrogens with one attached hydrogen (secondary N) is 1. The molecule has 0 bridgehead atoms. The van der Waals surface area contributed by atoms with E-state index in [4.69, 9.17) is 0 Å². The summed E-state index contributed by atoms with van der Waals surface area (Å²) < 4.78 is 0. The second-order valence-electron chi connectivity index (χ2n) is 6.48. The molecule has 1 saturated carbocycles. The number of rotatable bonds is 11. The van der Waals surface area contributed by atoms with Crippen molar-refractivity contribution in [3.8, 4) is 6.07 Å². The maximum atomic E-state index is 9.53. The first-order valence-corrected chi connectivity index (χ1v) is 8.50. The summed E-state index contributed by atoms with van der Waals surface area (Å²) in [6.45, 7) is 12.4. The monoisotopic (exact) mass is 279 g/mol. The molecule has 1 N–H and O–H groups in total. The van der Waals surface area contributed by atoms with Gasteiger partial charge in [-0.2, -0.15) is 5.26 Å². The van der Waals surface area contributed by atoms with E-state index >= 15 is 0 Å². The summed E-state index contributed by atoms with van der Waals surface area (Å²) in [5.74, 6) is 0.770. The third-order valence-electron chi connectivity index (χ3n) is 4.67. The highest BCUT2D eigenvalue weighted by Crippen LogP contribution is 2.26. The molecule has 0 saturated heterocycles. The van der Waals surface area contributed by atoms with Crippen LogP contribution in [0.25, 0.3) is 0 Å². The van der Waals surface area contributed by atoms with Crippen LogP contribution in [0.5, 0.6) is 0 Å². The predicted octanol–water partition coefficient (Wildman–Crippen LogP) is 3.56. The van der Waals surface area contributed by atoms with Crippen molar-refractivity contribution in [3.63, 3.8) is 0 Å². The molecule has 1 aliphatic carbocycles. The maximum absolute atomic E-state index is 9.53. The maximum Gasteiger partial charge on any atom is 0.106 e. The first kappa shape index (κ1) is 17.5. The Labute approximate surface area is 125 Å². The van der Waals surface area contributed by atoms with Crippen molar-refractivity contribution in [2.75, 3.05) is 19.6 Å². The normalized spacial score (nSPS) is 19.6. The molecule has 1 fully saturated rings. The highest BCUT2D eigenvalue weighted by Gasteiger charge is 2.34. The van der Waals surface area contributed by atoms with Gasteiger partial charge >= 0.3 is 0 Å². The molecule has 0 aliphatic heterocycles. The minimum atomic E-state index is -0.281. The molecule has 0 spiro atoms. The van der Waals surface area contributed by atoms with Gasteiger partial charge in [0.25, 0.3) is 0 Å². The van der Waals surface area contributed by atoms with Crippen molar-refractivity contribution in [1.29, 1.82) is 5.26 Å². The lowest BCUT2D eigenvalue weighted by molar-refractivity contribution is 0.230. The van der Waals surface area contributed by atoms with Crippen molar-refractivity contribution in [3.05, 3.63) is 0 Å². The molecule has 0 aromatic rings. The van der Waals surface area contributed by atoms with E-state index in [1.54, 1.807) is 0 Å². The van der Waals surface area contributed by atoms with Gasteiger partial charge in [0.2, 0.25) is 0 Å². The molecule has 116 valence electrons. The molecular weight excluding hydrogens is 246 g/mol. The Morgan fingerprint density at radius 3 is 2.50 bits per heavy atom. The second-order valence-corrected chi connectivity index (χ2v) is 6.48. The van der Waals surface area contributed by atoms with Gasteiger partial charge in [0, 0.05) is 12.6 Å². The van der Waals surface area contributed by atoms with Crippen molar-refractivity contribution >= 4 is 0 Å². The van der Waals surface area contributed by atoms with E-state index in [1.807, 2.05) is 0 Å². The highest BCUT2D eigenvalue weighted by molar-refractivity contribution is 5.09. The topological polar surface area (TPSA) is 39.1 Å². The largest absolute Gasteiger partial charge is 0.303 e. The van der Waals surface area contributed by atoms with Crippen LogP contribution in [-0.2, 0) is 0 Å². The van der Waals surface area contributed by atoms with Gasteiger partial charge in [-0.3, -0.25) is 5.32 Å². The Hall–Kier alpha value is -0.590. The van der Waals surface area contributed by atoms with Crippen LogP contribution in [0.3, 0.4) is 0 Å². The third kappa shape index (κ3) is 5.81. The van der Waals surface area contributed by atoms with Gasteiger partial charge in [0.15, 0.2) is 0 Å². The van der Waals surface area contributed by atoms with E-state index in [0.29, 0.717) is 6.04 Å². The van der Waals surface area contributed by atoms with Crippen LogP contribution in [0.1, 0.15) is 66.2 Å². The van der Waals surface area contributed by atoms with E-state index in [1.165, 1.54) is 25.8 Å². The molecule has 3 nitrogen and oxygen atoms in total. The van der Waals surface area contributed by atoms with Crippen molar-refractivity contribution in [2.24, 2.45) is 5.92 Å².